The van der Waals surface area contributed by atoms with Crippen molar-refractivity contribution < 1.29 is 9.59 Å². The minimum atomic E-state index is -0.235. The largest absolute Gasteiger partial charge is 0.322 e. The zero-order chi connectivity index (χ0) is 21.1. The van der Waals surface area contributed by atoms with E-state index in [1.54, 1.807) is 37.6 Å². The number of carbonyl (C=O) groups excluding carboxylic acids is 2. The quantitative estimate of drug-likeness (QED) is 0.508. The number of fused-ring (bicyclic) bond motifs is 1. The highest BCUT2D eigenvalue weighted by Crippen LogP contribution is 2.22. The Kier molecular flexibility index (Phi) is 5.13. The summed E-state index contributed by atoms with van der Waals surface area (Å²) in [5.74, 6) is -0.448. The highest BCUT2D eigenvalue weighted by atomic mass is 16.2. The Bertz CT molecular complexity index is 1230. The van der Waals surface area contributed by atoms with Crippen LogP contribution in [-0.4, -0.2) is 28.4 Å². The predicted molar refractivity (Wildman–Crippen MR) is 119 cm³/mol. The lowest BCUT2D eigenvalue weighted by molar-refractivity contribution is -0.113. The van der Waals surface area contributed by atoms with Gasteiger partial charge in [0.05, 0.1) is 11.0 Å². The first-order valence-electron chi connectivity index (χ1n) is 9.41. The van der Waals surface area contributed by atoms with E-state index in [2.05, 4.69) is 16.9 Å². The fourth-order valence-corrected chi connectivity index (χ4v) is 3.19. The molecule has 0 aliphatic rings. The van der Waals surface area contributed by atoms with Crippen LogP contribution in [0.2, 0.25) is 0 Å². The maximum atomic E-state index is 12.6. The fourth-order valence-electron chi connectivity index (χ4n) is 3.19. The highest BCUT2D eigenvalue weighted by molar-refractivity contribution is 6.06. The van der Waals surface area contributed by atoms with E-state index in [1.165, 1.54) is 11.0 Å². The third kappa shape index (κ3) is 3.71. The van der Waals surface area contributed by atoms with Crippen molar-refractivity contribution in [3.05, 3.63) is 97.3 Å². The van der Waals surface area contributed by atoms with Gasteiger partial charge >= 0.3 is 0 Å². The van der Waals surface area contributed by atoms with E-state index < -0.39 is 0 Å². The Labute approximate surface area is 174 Å². The van der Waals surface area contributed by atoms with E-state index in [-0.39, 0.29) is 11.8 Å². The van der Waals surface area contributed by atoms with E-state index in [9.17, 15) is 9.59 Å². The molecule has 0 saturated heterocycles. The van der Waals surface area contributed by atoms with Crippen molar-refractivity contribution in [2.24, 2.45) is 0 Å². The third-order valence-electron chi connectivity index (χ3n) is 4.86. The molecule has 0 aliphatic carbocycles. The SMILES string of the molecule is C=CC(=O)N(C)c1ccc(C(=O)Nc2ccc3c(c2)ncn3-c2ccccc2)cc1. The van der Waals surface area contributed by atoms with Crippen LogP contribution >= 0.6 is 0 Å². The number of nitrogens with one attached hydrogen (secondary N) is 1. The first-order chi connectivity index (χ1) is 14.6. The molecule has 1 aromatic heterocycles. The second kappa shape index (κ2) is 8.05. The van der Waals surface area contributed by atoms with Crippen molar-refractivity contribution >= 4 is 34.2 Å². The number of anilines is 2. The molecule has 3 aromatic carbocycles. The van der Waals surface area contributed by atoms with Crippen LogP contribution in [0.5, 0.6) is 0 Å². The van der Waals surface area contributed by atoms with Crippen molar-refractivity contribution in [1.29, 1.82) is 0 Å². The monoisotopic (exact) mass is 396 g/mol. The van der Waals surface area contributed by atoms with Gasteiger partial charge in [0.15, 0.2) is 0 Å². The highest BCUT2D eigenvalue weighted by Gasteiger charge is 2.11. The molecule has 1 N–H and O–H groups in total. The van der Waals surface area contributed by atoms with Gasteiger partial charge < -0.3 is 10.2 Å². The summed E-state index contributed by atoms with van der Waals surface area (Å²) in [6.45, 7) is 3.48. The average Bonchev–Trinajstić information content (AvgIpc) is 3.22. The molecule has 0 bridgehead atoms. The van der Waals surface area contributed by atoms with Crippen molar-refractivity contribution in [2.75, 3.05) is 17.3 Å². The minimum Gasteiger partial charge on any atom is -0.322 e. The summed E-state index contributed by atoms with van der Waals surface area (Å²) in [5.41, 5.74) is 4.61. The molecule has 4 rings (SSSR count). The molecule has 2 amide bonds. The van der Waals surface area contributed by atoms with Crippen molar-refractivity contribution in [3.63, 3.8) is 0 Å². The van der Waals surface area contributed by atoms with Gasteiger partial charge in [0.1, 0.15) is 6.33 Å². The summed E-state index contributed by atoms with van der Waals surface area (Å²) >= 11 is 0. The van der Waals surface area contributed by atoms with Gasteiger partial charge in [-0.15, -0.1) is 0 Å². The Morgan fingerprint density at radius 2 is 1.77 bits per heavy atom. The molecule has 0 unspecified atom stereocenters. The van der Waals surface area contributed by atoms with Gasteiger partial charge in [0.25, 0.3) is 5.91 Å². The van der Waals surface area contributed by atoms with Crippen LogP contribution in [0.1, 0.15) is 10.4 Å². The summed E-state index contributed by atoms with van der Waals surface area (Å²) in [6.07, 6.45) is 3.02. The van der Waals surface area contributed by atoms with Crippen LogP contribution in [0.3, 0.4) is 0 Å². The van der Waals surface area contributed by atoms with Gasteiger partial charge in [-0.1, -0.05) is 24.8 Å². The van der Waals surface area contributed by atoms with Crippen LogP contribution in [-0.2, 0) is 4.79 Å². The van der Waals surface area contributed by atoms with Gasteiger partial charge in [-0.05, 0) is 60.7 Å². The molecule has 6 nitrogen and oxygen atoms in total. The summed E-state index contributed by atoms with van der Waals surface area (Å²) < 4.78 is 2.00. The Balaban J connectivity index is 1.52. The molecule has 0 aliphatic heterocycles. The van der Waals surface area contributed by atoms with E-state index in [4.69, 9.17) is 0 Å². The zero-order valence-electron chi connectivity index (χ0n) is 16.4. The normalized spacial score (nSPS) is 10.6. The van der Waals surface area contributed by atoms with Gasteiger partial charge in [0.2, 0.25) is 5.91 Å². The second-order valence-electron chi connectivity index (χ2n) is 6.76. The number of benzene rings is 3. The molecule has 1 heterocycles. The molecular formula is C24H20N4O2. The lowest BCUT2D eigenvalue weighted by Crippen LogP contribution is -2.23. The van der Waals surface area contributed by atoms with Crippen LogP contribution in [0, 0.1) is 0 Å². The second-order valence-corrected chi connectivity index (χ2v) is 6.76. The number of rotatable bonds is 5. The Morgan fingerprint density at radius 1 is 1.03 bits per heavy atom. The first kappa shape index (κ1) is 19.1. The van der Waals surface area contributed by atoms with Gasteiger partial charge in [-0.3, -0.25) is 14.2 Å². The topological polar surface area (TPSA) is 67.2 Å². The summed E-state index contributed by atoms with van der Waals surface area (Å²) in [6, 6.07) is 22.4. The number of nitrogens with zero attached hydrogens (tertiary/aromatic N) is 3. The Morgan fingerprint density at radius 3 is 2.47 bits per heavy atom. The molecule has 0 saturated carbocycles. The van der Waals surface area contributed by atoms with Gasteiger partial charge in [0, 0.05) is 29.7 Å². The number of carbonyl (C=O) groups is 2. The van der Waals surface area contributed by atoms with Crippen LogP contribution in [0.15, 0.2) is 91.8 Å². The number of imidazole rings is 1. The lowest BCUT2D eigenvalue weighted by Gasteiger charge is -2.15. The van der Waals surface area contributed by atoms with Gasteiger partial charge in [-0.25, -0.2) is 4.98 Å². The van der Waals surface area contributed by atoms with E-state index in [1.807, 2.05) is 53.1 Å². The van der Waals surface area contributed by atoms with Crippen molar-refractivity contribution in [3.8, 4) is 5.69 Å². The zero-order valence-corrected chi connectivity index (χ0v) is 16.4. The lowest BCUT2D eigenvalue weighted by atomic mass is 10.1. The summed E-state index contributed by atoms with van der Waals surface area (Å²) in [5, 5.41) is 2.90. The van der Waals surface area contributed by atoms with Crippen LogP contribution in [0.25, 0.3) is 16.7 Å². The third-order valence-corrected chi connectivity index (χ3v) is 4.86. The standard InChI is InChI=1S/C24H20N4O2/c1-3-23(29)27(2)19-12-9-17(10-13-19)24(30)26-18-11-14-22-21(15-18)25-16-28(22)20-7-5-4-6-8-20/h3-16H,1H2,2H3,(H,26,30). The number of aromatic nitrogens is 2. The van der Waals surface area contributed by atoms with E-state index >= 15 is 0 Å². The molecule has 0 radical (unpaired) electrons. The van der Waals surface area contributed by atoms with Crippen molar-refractivity contribution in [2.45, 2.75) is 0 Å². The molecule has 0 atom stereocenters. The number of amides is 2. The Hall–Kier alpha value is -4.19. The van der Waals surface area contributed by atoms with E-state index in [0.717, 1.165) is 16.7 Å². The summed E-state index contributed by atoms with van der Waals surface area (Å²) in [4.78, 5) is 30.2. The molecule has 148 valence electrons. The average molecular weight is 396 g/mol. The molecule has 30 heavy (non-hydrogen) atoms. The predicted octanol–water partition coefficient (Wildman–Crippen LogP) is 4.43. The smallest absolute Gasteiger partial charge is 0.255 e. The molecule has 4 aromatic rings. The maximum Gasteiger partial charge on any atom is 0.255 e. The maximum absolute atomic E-state index is 12.6. The number of para-hydroxylation sites is 1. The molecule has 6 heteroatoms. The summed E-state index contributed by atoms with van der Waals surface area (Å²) in [7, 11) is 1.66. The van der Waals surface area contributed by atoms with Gasteiger partial charge in [-0.2, -0.15) is 0 Å². The molecule has 0 spiro atoms. The van der Waals surface area contributed by atoms with E-state index in [0.29, 0.717) is 16.9 Å². The first-order valence-corrected chi connectivity index (χ1v) is 9.41. The number of likely N-dealkylation sites (N-methyl/N-ethyl adjacent to an activating group) is 1. The molecular weight excluding hydrogens is 376 g/mol. The minimum absolute atomic E-state index is 0.213. The van der Waals surface area contributed by atoms with Crippen LogP contribution < -0.4 is 10.2 Å². The molecule has 0 fully saturated rings. The van der Waals surface area contributed by atoms with Crippen molar-refractivity contribution in [1.82, 2.24) is 9.55 Å². The number of hydrogen-bond acceptors (Lipinski definition) is 3. The fraction of sp³-hybridized carbons (Fsp3) is 0.0417. The number of hydrogen-bond donors (Lipinski definition) is 1. The van der Waals surface area contributed by atoms with Crippen LogP contribution in [0.4, 0.5) is 11.4 Å².